The molecule has 0 aromatic rings. The number of hydrogen-bond donors (Lipinski definition) is 0. The SMILES string of the molecule is CC(C)[Si](C)(C)P[Si](C)(C)C. The quantitative estimate of drug-likeness (QED) is 0.481. The van der Waals surface area contributed by atoms with E-state index in [9.17, 15) is 0 Å². The molecule has 0 radical (unpaired) electrons. The average molecular weight is 206 g/mol. The summed E-state index contributed by atoms with van der Waals surface area (Å²) in [6.07, 6.45) is 0. The minimum Gasteiger partial charge on any atom is -0.144 e. The third-order valence-corrected chi connectivity index (χ3v) is 24.9. The Hall–Kier alpha value is 0.864. The van der Waals surface area contributed by atoms with Crippen LogP contribution in [0.25, 0.3) is 0 Å². The number of hydrogen-bond acceptors (Lipinski definition) is 0. The number of rotatable bonds is 3. The molecule has 0 saturated heterocycles. The Morgan fingerprint density at radius 1 is 0.909 bits per heavy atom. The van der Waals surface area contributed by atoms with E-state index in [2.05, 4.69) is 46.6 Å². The smallest absolute Gasteiger partial charge is 0.0703 e. The Morgan fingerprint density at radius 2 is 1.27 bits per heavy atom. The molecule has 0 aliphatic carbocycles. The van der Waals surface area contributed by atoms with Crippen molar-refractivity contribution < 1.29 is 0 Å². The van der Waals surface area contributed by atoms with Gasteiger partial charge in [0, 0.05) is 0 Å². The normalized spacial score (nSPS) is 15.3. The molecule has 68 valence electrons. The molecule has 0 nitrogen and oxygen atoms in total. The van der Waals surface area contributed by atoms with Gasteiger partial charge in [-0.2, -0.15) is 0 Å². The van der Waals surface area contributed by atoms with Gasteiger partial charge in [0.1, 0.15) is 0 Å². The highest BCUT2D eigenvalue weighted by Gasteiger charge is 2.30. The summed E-state index contributed by atoms with van der Waals surface area (Å²) in [6.45, 7) is 17.4. The Morgan fingerprint density at radius 3 is 1.36 bits per heavy atom. The van der Waals surface area contributed by atoms with E-state index in [0.717, 1.165) is 5.54 Å². The summed E-state index contributed by atoms with van der Waals surface area (Å²) in [4.78, 5) is 0. The van der Waals surface area contributed by atoms with E-state index in [4.69, 9.17) is 0 Å². The van der Waals surface area contributed by atoms with Crippen LogP contribution in [-0.4, -0.2) is 15.5 Å². The van der Waals surface area contributed by atoms with Crippen LogP contribution in [0.3, 0.4) is 0 Å². The average Bonchev–Trinajstić information content (AvgIpc) is 1.56. The molecule has 0 rings (SSSR count). The van der Waals surface area contributed by atoms with E-state index in [0.29, 0.717) is 0 Å². The Balaban J connectivity index is 4.13. The lowest BCUT2D eigenvalue weighted by Gasteiger charge is -2.33. The lowest BCUT2D eigenvalue weighted by Crippen LogP contribution is -2.31. The predicted octanol–water partition coefficient (Wildman–Crippen LogP) is 4.11. The summed E-state index contributed by atoms with van der Waals surface area (Å²) in [5, 5.41) is 0. The van der Waals surface area contributed by atoms with Crippen molar-refractivity contribution in [2.75, 3.05) is 0 Å². The van der Waals surface area contributed by atoms with Crippen LogP contribution in [0.1, 0.15) is 13.8 Å². The van der Waals surface area contributed by atoms with Gasteiger partial charge in [0.05, 0.1) is 15.5 Å². The maximum atomic E-state index is 2.55. The van der Waals surface area contributed by atoms with E-state index in [1.54, 1.807) is 0 Å². The lowest BCUT2D eigenvalue weighted by atomic mass is 10.6. The highest BCUT2D eigenvalue weighted by Crippen LogP contribution is 2.43. The molecular weight excluding hydrogens is 183 g/mol. The van der Waals surface area contributed by atoms with Crippen molar-refractivity contribution in [3.63, 3.8) is 0 Å². The van der Waals surface area contributed by atoms with Crippen molar-refractivity contribution in [2.24, 2.45) is 0 Å². The van der Waals surface area contributed by atoms with E-state index in [1.165, 1.54) is 7.68 Å². The molecule has 0 N–H and O–H groups in total. The second-order valence-corrected chi connectivity index (χ2v) is 26.0. The maximum Gasteiger partial charge on any atom is 0.0703 e. The van der Waals surface area contributed by atoms with Crippen molar-refractivity contribution in [2.45, 2.75) is 52.1 Å². The molecule has 0 aromatic heterocycles. The van der Waals surface area contributed by atoms with Crippen LogP contribution < -0.4 is 0 Å². The third kappa shape index (κ3) is 5.16. The molecule has 1 atom stereocenters. The first kappa shape index (κ1) is 11.9. The molecule has 0 aliphatic heterocycles. The molecule has 0 heterocycles. The van der Waals surface area contributed by atoms with Gasteiger partial charge in [-0.15, -0.1) is 7.68 Å². The van der Waals surface area contributed by atoms with Gasteiger partial charge < -0.3 is 0 Å². The molecule has 1 unspecified atom stereocenters. The van der Waals surface area contributed by atoms with E-state index < -0.39 is 15.5 Å². The van der Waals surface area contributed by atoms with Crippen molar-refractivity contribution in [1.82, 2.24) is 0 Å². The first-order chi connectivity index (χ1) is 4.65. The molecule has 0 aliphatic rings. The zero-order valence-corrected chi connectivity index (χ0v) is 12.1. The molecule has 11 heavy (non-hydrogen) atoms. The van der Waals surface area contributed by atoms with Crippen LogP contribution in [0.15, 0.2) is 0 Å². The summed E-state index contributed by atoms with van der Waals surface area (Å²) in [7, 11) is -0.266. The van der Waals surface area contributed by atoms with E-state index in [-0.39, 0.29) is 0 Å². The Bertz CT molecular complexity index is 125. The summed E-state index contributed by atoms with van der Waals surface area (Å²) < 4.78 is 0. The van der Waals surface area contributed by atoms with Crippen LogP contribution in [0.5, 0.6) is 0 Å². The molecule has 0 fully saturated rings. The highest BCUT2D eigenvalue weighted by atomic mass is 31.6. The minimum absolute atomic E-state index is 0.766. The van der Waals surface area contributed by atoms with Crippen molar-refractivity contribution in [1.29, 1.82) is 0 Å². The van der Waals surface area contributed by atoms with Crippen molar-refractivity contribution >= 4 is 23.2 Å². The van der Waals surface area contributed by atoms with Crippen LogP contribution in [0, 0.1) is 0 Å². The van der Waals surface area contributed by atoms with Crippen molar-refractivity contribution in [3.05, 3.63) is 0 Å². The lowest BCUT2D eigenvalue weighted by molar-refractivity contribution is 1.03. The summed E-state index contributed by atoms with van der Waals surface area (Å²) in [5.41, 5.74) is 0.965. The second kappa shape index (κ2) is 3.72. The molecule has 0 bridgehead atoms. The van der Waals surface area contributed by atoms with E-state index in [1.807, 2.05) is 0 Å². The van der Waals surface area contributed by atoms with E-state index >= 15 is 0 Å². The molecule has 0 amide bonds. The topological polar surface area (TPSA) is 0 Å². The van der Waals surface area contributed by atoms with Gasteiger partial charge in [-0.1, -0.05) is 46.6 Å². The van der Waals surface area contributed by atoms with Gasteiger partial charge >= 0.3 is 0 Å². The molecule has 0 saturated carbocycles. The zero-order chi connectivity index (χ0) is 9.28. The monoisotopic (exact) mass is 206 g/mol. The maximum absolute atomic E-state index is 2.55. The van der Waals surface area contributed by atoms with Gasteiger partial charge in [0.15, 0.2) is 0 Å². The first-order valence-corrected chi connectivity index (χ1v) is 14.0. The first-order valence-electron chi connectivity index (χ1n) is 4.44. The van der Waals surface area contributed by atoms with Gasteiger partial charge in [-0.3, -0.25) is 0 Å². The predicted molar refractivity (Wildman–Crippen MR) is 64.2 cm³/mol. The van der Waals surface area contributed by atoms with Crippen LogP contribution in [0.2, 0.25) is 38.3 Å². The molecular formula is C8H23PSi2. The van der Waals surface area contributed by atoms with Crippen LogP contribution in [0.4, 0.5) is 0 Å². The minimum atomic E-state index is -0.827. The van der Waals surface area contributed by atoms with Gasteiger partial charge in [0.25, 0.3) is 0 Å². The Labute approximate surface area is 75.7 Å². The van der Waals surface area contributed by atoms with Crippen LogP contribution in [-0.2, 0) is 0 Å². The summed E-state index contributed by atoms with van der Waals surface area (Å²) >= 11 is 0. The summed E-state index contributed by atoms with van der Waals surface area (Å²) in [5.74, 6) is 0. The van der Waals surface area contributed by atoms with Crippen LogP contribution >= 0.6 is 7.68 Å². The van der Waals surface area contributed by atoms with Crippen molar-refractivity contribution in [3.8, 4) is 0 Å². The fourth-order valence-electron chi connectivity index (χ4n) is 1.11. The van der Waals surface area contributed by atoms with Gasteiger partial charge in [-0.25, -0.2) is 0 Å². The fraction of sp³-hybridized carbons (Fsp3) is 1.00. The largest absolute Gasteiger partial charge is 0.144 e. The second-order valence-electron chi connectivity index (χ2n) is 5.25. The summed E-state index contributed by atoms with van der Waals surface area (Å²) in [6, 6.07) is 0. The highest BCUT2D eigenvalue weighted by molar-refractivity contribution is 8.07. The third-order valence-electron chi connectivity index (χ3n) is 2.14. The molecule has 3 heteroatoms. The van der Waals surface area contributed by atoms with Gasteiger partial charge in [0.2, 0.25) is 0 Å². The molecule has 0 spiro atoms. The zero-order valence-electron chi connectivity index (χ0n) is 9.08. The fourth-order valence-corrected chi connectivity index (χ4v) is 30.0. The van der Waals surface area contributed by atoms with Gasteiger partial charge in [-0.05, 0) is 5.54 Å². The Kier molecular flexibility index (Phi) is 4.01. The standard InChI is InChI=1S/C8H23PSi2/c1-8(2)11(6,7)9-10(3,4)5/h8-9H,1-7H3. The molecule has 0 aromatic carbocycles.